The molecule has 0 aromatic heterocycles. The van der Waals surface area contributed by atoms with E-state index in [1.54, 1.807) is 19.0 Å². The molecule has 0 spiro atoms. The van der Waals surface area contributed by atoms with Crippen molar-refractivity contribution < 1.29 is 34.8 Å². The zero-order chi connectivity index (χ0) is 30.1. The number of phenolic OH excluding ortho intramolecular Hbond substituents is 1. The molecule has 0 bridgehead atoms. The number of carbonyl (C=O) groups excluding carboxylic acids is 3. The zero-order valence-electron chi connectivity index (χ0n) is 24.3. The molecule has 1 aromatic carbocycles. The molecule has 4 rings (SSSR count). The predicted octanol–water partition coefficient (Wildman–Crippen LogP) is 0.487. The van der Waals surface area contributed by atoms with Crippen LogP contribution in [0.15, 0.2) is 17.4 Å². The Balaban J connectivity index is 1.88. The van der Waals surface area contributed by atoms with Crippen molar-refractivity contribution >= 4 is 23.2 Å². The second-order valence-corrected chi connectivity index (χ2v) is 13.1. The Labute approximate surface area is 234 Å². The first kappa shape index (κ1) is 30.0. The molecule has 11 nitrogen and oxygen atoms in total. The minimum Gasteiger partial charge on any atom is -0.508 e. The Hall–Kier alpha value is -2.99. The van der Waals surface area contributed by atoms with E-state index in [4.69, 9.17) is 5.73 Å². The van der Waals surface area contributed by atoms with E-state index in [0.717, 1.165) is 5.69 Å². The van der Waals surface area contributed by atoms with Gasteiger partial charge in [0.1, 0.15) is 17.4 Å². The number of primary amides is 1. The fourth-order valence-corrected chi connectivity index (χ4v) is 6.81. The topological polar surface area (TPSA) is 177 Å². The largest absolute Gasteiger partial charge is 0.508 e. The van der Waals surface area contributed by atoms with Crippen LogP contribution >= 0.6 is 0 Å². The Kier molecular flexibility index (Phi) is 7.59. The molecule has 11 heteroatoms. The highest BCUT2D eigenvalue weighted by Gasteiger charge is 2.66. The number of aliphatic hydroxyl groups is 3. The molecule has 0 saturated heterocycles. The first-order valence-corrected chi connectivity index (χ1v) is 13.6. The number of fused-ring (bicyclic) bond motifs is 3. The lowest BCUT2D eigenvalue weighted by molar-refractivity contribution is -0.178. The molecule has 0 radical (unpaired) electrons. The van der Waals surface area contributed by atoms with Gasteiger partial charge in [0.25, 0.3) is 0 Å². The molecule has 1 saturated carbocycles. The van der Waals surface area contributed by atoms with E-state index in [9.17, 15) is 34.8 Å². The average molecular weight is 559 g/mol. The van der Waals surface area contributed by atoms with Gasteiger partial charge in [-0.1, -0.05) is 20.8 Å². The van der Waals surface area contributed by atoms with E-state index >= 15 is 0 Å². The molecule has 1 aromatic rings. The van der Waals surface area contributed by atoms with E-state index in [0.29, 0.717) is 24.2 Å². The van der Waals surface area contributed by atoms with Crippen molar-refractivity contribution in [3.05, 3.63) is 34.1 Å². The Morgan fingerprint density at radius 1 is 1.18 bits per heavy atom. The molecular weight excluding hydrogens is 516 g/mol. The highest BCUT2D eigenvalue weighted by molar-refractivity contribution is 6.16. The summed E-state index contributed by atoms with van der Waals surface area (Å²) in [5, 5.41) is 49.0. The number of rotatable bonds is 6. The van der Waals surface area contributed by atoms with E-state index in [1.165, 1.54) is 0 Å². The number of nitrogens with two attached hydrogens (primary N) is 1. The van der Waals surface area contributed by atoms with Crippen LogP contribution < -0.4 is 16.0 Å². The maximum Gasteiger partial charge on any atom is 0.230 e. The second kappa shape index (κ2) is 10.1. The predicted molar refractivity (Wildman–Crippen MR) is 149 cm³/mol. The summed E-state index contributed by atoms with van der Waals surface area (Å²) in [6, 6.07) is 0.942. The summed E-state index contributed by atoms with van der Waals surface area (Å²) in [5.74, 6) is -7.36. The molecule has 220 valence electrons. The molecule has 3 aliphatic carbocycles. The van der Waals surface area contributed by atoms with Gasteiger partial charge in [0.05, 0.1) is 11.7 Å². The van der Waals surface area contributed by atoms with Crippen LogP contribution in [0.1, 0.15) is 48.7 Å². The van der Waals surface area contributed by atoms with Crippen LogP contribution in [0.5, 0.6) is 5.75 Å². The number of ketones is 2. The maximum absolute atomic E-state index is 14.1. The van der Waals surface area contributed by atoms with E-state index in [2.05, 4.69) is 26.1 Å². The van der Waals surface area contributed by atoms with Gasteiger partial charge >= 0.3 is 0 Å². The number of hydrogen-bond donors (Lipinski definition) is 6. The Morgan fingerprint density at radius 3 is 2.33 bits per heavy atom. The third-order valence-corrected chi connectivity index (χ3v) is 8.60. The van der Waals surface area contributed by atoms with Crippen molar-refractivity contribution in [3.8, 4) is 5.75 Å². The van der Waals surface area contributed by atoms with Gasteiger partial charge in [0.2, 0.25) is 5.91 Å². The first-order valence-electron chi connectivity index (χ1n) is 13.6. The number of amides is 1. The normalized spacial score (nSPS) is 30.2. The minimum absolute atomic E-state index is 0.00473. The summed E-state index contributed by atoms with van der Waals surface area (Å²) in [6.45, 7) is 7.19. The standard InChI is InChI=1S/C29H42N4O7/c1-28(2,3)12-31-11-14-10-17(32(4)5)15-8-13-9-16-21(33(6)7)24(36)20(27(30)39)26(38)29(16,40)25(37)18(13)23(35)19(15)22(14)34/h10,13,16,20-21,24,31,34,36-37,40H,8-9,11-12H2,1-7H3,(H2,30,39)/t13-,16-,20?,21+,24?,29-/m0/s1. The van der Waals surface area contributed by atoms with Crippen LogP contribution in [0.3, 0.4) is 0 Å². The number of hydrogen-bond acceptors (Lipinski definition) is 10. The van der Waals surface area contributed by atoms with E-state index < -0.39 is 58.7 Å². The fourth-order valence-electron chi connectivity index (χ4n) is 6.81. The lowest BCUT2D eigenvalue weighted by Crippen LogP contribution is -2.71. The minimum atomic E-state index is -2.60. The number of carbonyl (C=O) groups is 3. The Morgan fingerprint density at radius 2 is 1.80 bits per heavy atom. The highest BCUT2D eigenvalue weighted by atomic mass is 16.3. The molecular formula is C29H42N4O7. The van der Waals surface area contributed by atoms with Crippen molar-refractivity contribution in [2.45, 2.75) is 57.9 Å². The summed E-state index contributed by atoms with van der Waals surface area (Å²) < 4.78 is 0. The second-order valence-electron chi connectivity index (χ2n) is 13.1. The molecule has 0 heterocycles. The summed E-state index contributed by atoms with van der Waals surface area (Å²) in [6.07, 6.45) is -1.16. The van der Waals surface area contributed by atoms with Crippen molar-refractivity contribution in [3.63, 3.8) is 0 Å². The number of aromatic hydroxyl groups is 1. The SMILES string of the molecule is CN(C)c1cc(CNCC(C)(C)C)c(O)c2c1C[C@H]1C[C@H]3[C@@H](N(C)C)C(O)C(C(N)=O)C(=O)[C@@]3(O)C(O)=C1C2=O. The Bertz CT molecular complexity index is 1280. The molecule has 6 atom stereocenters. The summed E-state index contributed by atoms with van der Waals surface area (Å²) in [5.41, 5.74) is 4.57. The summed E-state index contributed by atoms with van der Waals surface area (Å²) >= 11 is 0. The van der Waals surface area contributed by atoms with Crippen molar-refractivity contribution in [1.29, 1.82) is 0 Å². The molecule has 1 amide bonds. The van der Waals surface area contributed by atoms with Gasteiger partial charge in [-0.15, -0.1) is 0 Å². The van der Waals surface area contributed by atoms with Gasteiger partial charge in [-0.05, 0) is 49.9 Å². The molecule has 40 heavy (non-hydrogen) atoms. The van der Waals surface area contributed by atoms with Gasteiger partial charge in [-0.25, -0.2) is 0 Å². The van der Waals surface area contributed by atoms with Crippen LogP contribution in [0.4, 0.5) is 5.69 Å². The maximum atomic E-state index is 14.1. The van der Waals surface area contributed by atoms with E-state index in [1.807, 2.05) is 25.1 Å². The number of allylic oxidation sites excluding steroid dienone is 1. The lowest BCUT2D eigenvalue weighted by atomic mass is 9.56. The molecule has 7 N–H and O–H groups in total. The van der Waals surface area contributed by atoms with Gasteiger partial charge in [-0.3, -0.25) is 14.4 Å². The quantitative estimate of drug-likeness (QED) is 0.269. The van der Waals surface area contributed by atoms with Crippen LogP contribution in [0.25, 0.3) is 0 Å². The van der Waals surface area contributed by atoms with E-state index in [-0.39, 0.29) is 35.1 Å². The van der Waals surface area contributed by atoms with Crippen molar-refractivity contribution in [1.82, 2.24) is 10.2 Å². The monoisotopic (exact) mass is 558 g/mol. The number of benzene rings is 1. The van der Waals surface area contributed by atoms with Crippen molar-refractivity contribution in [2.75, 3.05) is 39.6 Å². The van der Waals surface area contributed by atoms with Crippen LogP contribution in [-0.2, 0) is 22.6 Å². The van der Waals surface area contributed by atoms with Gasteiger partial charge in [0, 0.05) is 56.0 Å². The zero-order valence-corrected chi connectivity index (χ0v) is 24.3. The fraction of sp³-hybridized carbons (Fsp3) is 0.621. The average Bonchev–Trinajstić information content (AvgIpc) is 2.81. The lowest BCUT2D eigenvalue weighted by Gasteiger charge is -2.53. The smallest absolute Gasteiger partial charge is 0.230 e. The van der Waals surface area contributed by atoms with Crippen LogP contribution in [0.2, 0.25) is 0 Å². The third-order valence-electron chi connectivity index (χ3n) is 8.60. The molecule has 1 fully saturated rings. The summed E-state index contributed by atoms with van der Waals surface area (Å²) in [7, 11) is 6.96. The van der Waals surface area contributed by atoms with Gasteiger partial charge in [-0.2, -0.15) is 0 Å². The van der Waals surface area contributed by atoms with Crippen molar-refractivity contribution in [2.24, 2.45) is 28.9 Å². The summed E-state index contributed by atoms with van der Waals surface area (Å²) in [4.78, 5) is 43.2. The van der Waals surface area contributed by atoms with Gasteiger partial charge < -0.3 is 41.3 Å². The number of nitrogens with zero attached hydrogens (tertiary/aromatic N) is 2. The number of likely N-dealkylation sites (N-methyl/N-ethyl adjacent to an activating group) is 1. The molecule has 0 aliphatic heterocycles. The third kappa shape index (κ3) is 4.58. The van der Waals surface area contributed by atoms with Gasteiger partial charge in [0.15, 0.2) is 17.2 Å². The number of phenols is 1. The number of anilines is 1. The number of Topliss-reactive ketones (excluding diaryl/α,β-unsaturated/α-hetero) is 2. The van der Waals surface area contributed by atoms with Crippen LogP contribution in [-0.4, -0.2) is 95.3 Å². The number of aliphatic hydroxyl groups excluding tert-OH is 2. The number of nitrogens with one attached hydrogen (secondary N) is 1. The molecule has 2 unspecified atom stereocenters. The molecule has 3 aliphatic rings. The van der Waals surface area contributed by atoms with Crippen LogP contribution in [0, 0.1) is 23.2 Å². The highest BCUT2D eigenvalue weighted by Crippen LogP contribution is 2.53. The first-order chi connectivity index (χ1) is 18.4.